The summed E-state index contributed by atoms with van der Waals surface area (Å²) in [4.78, 5) is 11.9. The van der Waals surface area contributed by atoms with E-state index in [-0.39, 0.29) is 5.69 Å². The van der Waals surface area contributed by atoms with Crippen LogP contribution in [-0.2, 0) is 6.42 Å². The molecule has 0 amide bonds. The fraction of sp³-hybridized carbons (Fsp3) is 0.125. The molecule has 1 aromatic heterocycles. The minimum atomic E-state index is -0.212. The van der Waals surface area contributed by atoms with E-state index in [9.17, 15) is 4.79 Å². The third-order valence-corrected chi connectivity index (χ3v) is 3.21. The molecule has 0 aliphatic carbocycles. The zero-order chi connectivity index (χ0) is 14.5. The maximum absolute atomic E-state index is 11.9. The molecule has 106 valence electrons. The Morgan fingerprint density at radius 3 is 2.38 bits per heavy atom. The summed E-state index contributed by atoms with van der Waals surface area (Å²) in [5.74, 6) is 0.717. The van der Waals surface area contributed by atoms with Gasteiger partial charge in [0.05, 0.1) is 5.69 Å². The molecule has 0 atom stereocenters. The second kappa shape index (κ2) is 6.09. The normalized spacial score (nSPS) is 10.5. The number of para-hydroxylation sites is 2. The number of nitrogens with zero attached hydrogens (tertiary/aromatic N) is 2. The highest BCUT2D eigenvalue weighted by atomic mass is 16.1. The Balaban J connectivity index is 1.74. The molecule has 0 spiro atoms. The Morgan fingerprint density at radius 2 is 1.67 bits per heavy atom. The molecular weight excluding hydrogens is 264 g/mol. The highest BCUT2D eigenvalue weighted by molar-refractivity contribution is 5.42. The average Bonchev–Trinajstić information content (AvgIpc) is 2.90. The van der Waals surface area contributed by atoms with Crippen molar-refractivity contribution in [1.29, 1.82) is 0 Å². The lowest BCUT2D eigenvalue weighted by molar-refractivity contribution is 0.843. The van der Waals surface area contributed by atoms with Crippen LogP contribution in [0.2, 0.25) is 0 Å². The maximum atomic E-state index is 11.9. The molecule has 0 saturated carbocycles. The maximum Gasteiger partial charge on any atom is 0.347 e. The first kappa shape index (κ1) is 13.2. The third-order valence-electron chi connectivity index (χ3n) is 3.21. The van der Waals surface area contributed by atoms with Gasteiger partial charge in [-0.1, -0.05) is 36.4 Å². The first-order valence-electron chi connectivity index (χ1n) is 6.85. The number of hydrogen-bond acceptors (Lipinski definition) is 3. The van der Waals surface area contributed by atoms with Crippen LogP contribution in [0.4, 0.5) is 5.69 Å². The van der Waals surface area contributed by atoms with Crippen LogP contribution < -0.4 is 11.0 Å². The summed E-state index contributed by atoms with van der Waals surface area (Å²) in [6, 6.07) is 19.5. The second-order valence-electron chi connectivity index (χ2n) is 4.66. The van der Waals surface area contributed by atoms with Crippen molar-refractivity contribution in [2.75, 3.05) is 11.9 Å². The second-order valence-corrected chi connectivity index (χ2v) is 4.66. The van der Waals surface area contributed by atoms with E-state index in [4.69, 9.17) is 0 Å². The van der Waals surface area contributed by atoms with Crippen LogP contribution in [0, 0.1) is 0 Å². The molecule has 0 aliphatic heterocycles. The zero-order valence-electron chi connectivity index (χ0n) is 11.5. The third kappa shape index (κ3) is 3.02. The first-order chi connectivity index (χ1) is 10.3. The van der Waals surface area contributed by atoms with Gasteiger partial charge in [0.25, 0.3) is 0 Å². The van der Waals surface area contributed by atoms with Crippen molar-refractivity contribution >= 4 is 5.69 Å². The first-order valence-corrected chi connectivity index (χ1v) is 6.85. The average molecular weight is 280 g/mol. The van der Waals surface area contributed by atoms with Crippen molar-refractivity contribution in [3.8, 4) is 5.69 Å². The van der Waals surface area contributed by atoms with E-state index in [1.54, 1.807) is 4.57 Å². The fourth-order valence-electron chi connectivity index (χ4n) is 2.22. The molecule has 5 heteroatoms. The van der Waals surface area contributed by atoms with Crippen molar-refractivity contribution in [3.05, 3.63) is 77.0 Å². The van der Waals surface area contributed by atoms with Crippen LogP contribution >= 0.6 is 0 Å². The van der Waals surface area contributed by atoms with Crippen LogP contribution in [0.1, 0.15) is 5.82 Å². The number of aromatic nitrogens is 3. The van der Waals surface area contributed by atoms with E-state index in [1.807, 2.05) is 60.7 Å². The SMILES string of the molecule is O=c1[nH]nc(CCNc2ccccc2)n1-c1ccccc1. The molecule has 3 rings (SSSR count). The van der Waals surface area contributed by atoms with Gasteiger partial charge in [-0.3, -0.25) is 0 Å². The van der Waals surface area contributed by atoms with Crippen LogP contribution in [-0.4, -0.2) is 21.3 Å². The van der Waals surface area contributed by atoms with Gasteiger partial charge in [-0.25, -0.2) is 14.5 Å². The number of benzene rings is 2. The molecular formula is C16H16N4O. The number of hydrogen-bond donors (Lipinski definition) is 2. The van der Waals surface area contributed by atoms with Gasteiger partial charge < -0.3 is 5.32 Å². The van der Waals surface area contributed by atoms with Gasteiger partial charge in [0.15, 0.2) is 0 Å². The molecule has 0 saturated heterocycles. The molecule has 0 fully saturated rings. The van der Waals surface area contributed by atoms with Gasteiger partial charge in [0, 0.05) is 18.7 Å². The fourth-order valence-corrected chi connectivity index (χ4v) is 2.22. The van der Waals surface area contributed by atoms with E-state index in [2.05, 4.69) is 15.5 Å². The summed E-state index contributed by atoms with van der Waals surface area (Å²) in [7, 11) is 0. The Kier molecular flexibility index (Phi) is 3.82. The lowest BCUT2D eigenvalue weighted by Crippen LogP contribution is -2.18. The predicted octanol–water partition coefficient (Wildman–Crippen LogP) is 2.22. The van der Waals surface area contributed by atoms with Crippen molar-refractivity contribution in [2.24, 2.45) is 0 Å². The van der Waals surface area contributed by atoms with E-state index < -0.39 is 0 Å². The summed E-state index contributed by atoms with van der Waals surface area (Å²) in [5, 5.41) is 9.93. The van der Waals surface area contributed by atoms with E-state index in [0.717, 1.165) is 17.2 Å². The number of H-pyrrole nitrogens is 1. The minimum absolute atomic E-state index is 0.212. The quantitative estimate of drug-likeness (QED) is 0.753. The van der Waals surface area contributed by atoms with Crippen molar-refractivity contribution < 1.29 is 0 Å². The van der Waals surface area contributed by atoms with Crippen molar-refractivity contribution in [2.45, 2.75) is 6.42 Å². The largest absolute Gasteiger partial charge is 0.385 e. The van der Waals surface area contributed by atoms with Gasteiger partial charge >= 0.3 is 5.69 Å². The Hall–Kier alpha value is -2.82. The summed E-state index contributed by atoms with van der Waals surface area (Å²) in [6.45, 7) is 0.709. The van der Waals surface area contributed by atoms with E-state index >= 15 is 0 Å². The predicted molar refractivity (Wildman–Crippen MR) is 82.8 cm³/mol. The summed E-state index contributed by atoms with van der Waals surface area (Å²) >= 11 is 0. The Morgan fingerprint density at radius 1 is 1.00 bits per heavy atom. The number of rotatable bonds is 5. The topological polar surface area (TPSA) is 62.7 Å². The highest BCUT2D eigenvalue weighted by Gasteiger charge is 2.09. The van der Waals surface area contributed by atoms with Crippen LogP contribution in [0.5, 0.6) is 0 Å². The summed E-state index contributed by atoms with van der Waals surface area (Å²) in [5.41, 5.74) is 1.67. The Labute approximate surface area is 122 Å². The molecule has 5 nitrogen and oxygen atoms in total. The van der Waals surface area contributed by atoms with Crippen molar-refractivity contribution in [1.82, 2.24) is 14.8 Å². The summed E-state index contributed by atoms with van der Waals surface area (Å²) < 4.78 is 1.60. The number of nitrogens with one attached hydrogen (secondary N) is 2. The van der Waals surface area contributed by atoms with Crippen molar-refractivity contribution in [3.63, 3.8) is 0 Å². The molecule has 1 heterocycles. The molecule has 3 aromatic rings. The van der Waals surface area contributed by atoms with Gasteiger partial charge in [0.2, 0.25) is 0 Å². The van der Waals surface area contributed by atoms with Crippen LogP contribution in [0.15, 0.2) is 65.5 Å². The molecule has 0 radical (unpaired) electrons. The monoisotopic (exact) mass is 280 g/mol. The smallest absolute Gasteiger partial charge is 0.347 e. The van der Waals surface area contributed by atoms with Crippen LogP contribution in [0.25, 0.3) is 5.69 Å². The highest BCUT2D eigenvalue weighted by Crippen LogP contribution is 2.08. The molecule has 21 heavy (non-hydrogen) atoms. The molecule has 0 unspecified atom stereocenters. The molecule has 0 aliphatic rings. The van der Waals surface area contributed by atoms with Gasteiger partial charge in [-0.2, -0.15) is 5.10 Å². The Bertz CT molecular complexity index is 747. The minimum Gasteiger partial charge on any atom is -0.385 e. The van der Waals surface area contributed by atoms with Gasteiger partial charge in [0.1, 0.15) is 5.82 Å². The van der Waals surface area contributed by atoms with Gasteiger partial charge in [-0.05, 0) is 24.3 Å². The lowest BCUT2D eigenvalue weighted by atomic mass is 10.3. The molecule has 2 aromatic carbocycles. The number of anilines is 1. The molecule has 2 N–H and O–H groups in total. The van der Waals surface area contributed by atoms with Gasteiger partial charge in [-0.15, -0.1) is 0 Å². The lowest BCUT2D eigenvalue weighted by Gasteiger charge is -2.07. The summed E-state index contributed by atoms with van der Waals surface area (Å²) in [6.07, 6.45) is 0.655. The standard InChI is InChI=1S/C16H16N4O/c21-16-19-18-15(20(16)14-9-5-2-6-10-14)11-12-17-13-7-3-1-4-8-13/h1-10,17H,11-12H2,(H,19,21). The number of aromatic amines is 1. The zero-order valence-corrected chi connectivity index (χ0v) is 11.5. The van der Waals surface area contributed by atoms with E-state index in [1.165, 1.54) is 0 Å². The van der Waals surface area contributed by atoms with Crippen LogP contribution in [0.3, 0.4) is 0 Å². The van der Waals surface area contributed by atoms with E-state index in [0.29, 0.717) is 13.0 Å². The molecule has 0 bridgehead atoms.